The molecule has 0 fully saturated rings. The summed E-state index contributed by atoms with van der Waals surface area (Å²) >= 11 is 4.24. The number of rotatable bonds is 7. The Hall–Kier alpha value is -0.520. The van der Waals surface area contributed by atoms with Gasteiger partial charge >= 0.3 is 0 Å². The average Bonchev–Trinajstić information content (AvgIpc) is 2.97. The van der Waals surface area contributed by atoms with Crippen molar-refractivity contribution in [2.45, 2.75) is 24.7 Å². The largest absolute Gasteiger partial charge is 0.744 e. The maximum atomic E-state index is 10.4. The molecule has 146 valence electrons. The van der Waals surface area contributed by atoms with Gasteiger partial charge in [0.2, 0.25) is 0 Å². The van der Waals surface area contributed by atoms with Gasteiger partial charge < -0.3 is 14.1 Å². The van der Waals surface area contributed by atoms with Crippen molar-refractivity contribution in [1.82, 2.24) is 0 Å². The Labute approximate surface area is 174 Å². The van der Waals surface area contributed by atoms with Crippen LogP contribution < -0.4 is 0 Å². The summed E-state index contributed by atoms with van der Waals surface area (Å²) in [5, 5.41) is 8.81. The van der Waals surface area contributed by atoms with E-state index in [2.05, 4.69) is 48.8 Å². The fraction of sp³-hybridized carbons (Fsp3) is 0.444. The zero-order chi connectivity index (χ0) is 19.8. The first-order valence-electron chi connectivity index (χ1n) is 8.23. The number of aliphatic hydroxyl groups excluding tert-OH is 1. The fourth-order valence-electron chi connectivity index (χ4n) is 2.21. The molecule has 2 aromatic rings. The minimum absolute atomic E-state index is 0.178. The second-order valence-electron chi connectivity index (χ2n) is 6.68. The molecule has 1 heterocycles. The predicted molar refractivity (Wildman–Crippen MR) is 113 cm³/mol. The van der Waals surface area contributed by atoms with E-state index in [0.717, 1.165) is 36.0 Å². The second kappa shape index (κ2) is 10.7. The highest BCUT2D eigenvalue weighted by Gasteiger charge is 2.14. The summed E-state index contributed by atoms with van der Waals surface area (Å²) in [6.07, 6.45) is 2.04. The zero-order valence-electron chi connectivity index (χ0n) is 15.3. The van der Waals surface area contributed by atoms with Crippen LogP contribution in [0.2, 0.25) is 0 Å². The molecule has 1 aromatic carbocycles. The summed E-state index contributed by atoms with van der Waals surface area (Å²) in [7, 11) is 0.191. The lowest BCUT2D eigenvalue weighted by molar-refractivity contribution is -0.890. The van der Waals surface area contributed by atoms with Crippen LogP contribution in [0.1, 0.15) is 16.9 Å². The van der Waals surface area contributed by atoms with Crippen molar-refractivity contribution in [3.63, 3.8) is 0 Å². The Morgan fingerprint density at radius 3 is 2.19 bits per heavy atom. The first-order chi connectivity index (χ1) is 12.0. The highest BCUT2D eigenvalue weighted by Crippen LogP contribution is 2.19. The smallest absolute Gasteiger partial charge is 0.124 e. The molecule has 0 unspecified atom stereocenters. The lowest BCUT2D eigenvalue weighted by Crippen LogP contribution is -2.42. The molecule has 0 aliphatic rings. The van der Waals surface area contributed by atoms with Crippen molar-refractivity contribution in [2.75, 3.05) is 33.8 Å². The summed E-state index contributed by atoms with van der Waals surface area (Å²) in [5.41, 5.74) is 0.928. The molecule has 0 saturated carbocycles. The molecule has 26 heavy (non-hydrogen) atoms. The number of quaternary nitrogens is 1. The molecule has 0 aliphatic heterocycles. The van der Waals surface area contributed by atoms with Gasteiger partial charge in [0.05, 0.1) is 35.0 Å². The third-order valence-corrected chi connectivity index (χ3v) is 6.63. The van der Waals surface area contributed by atoms with Crippen LogP contribution in [0.4, 0.5) is 0 Å². The molecule has 0 amide bonds. The molecule has 0 spiro atoms. The van der Waals surface area contributed by atoms with Crippen LogP contribution in [-0.4, -0.2) is 56.4 Å². The SMILES string of the molecule is C[N+](C)(CCCO)CCc1ccc(I)s1.Cc1ccc(S(=O)(=O)[O-])cc1. The molecule has 0 atom stereocenters. The van der Waals surface area contributed by atoms with E-state index in [1.165, 1.54) is 19.9 Å². The molecule has 1 N–H and O–H groups in total. The van der Waals surface area contributed by atoms with E-state index in [9.17, 15) is 13.0 Å². The molecule has 0 saturated heterocycles. The number of thiophene rings is 1. The molecule has 0 bridgehead atoms. The maximum Gasteiger partial charge on any atom is 0.124 e. The van der Waals surface area contributed by atoms with Crippen LogP contribution in [-0.2, 0) is 16.5 Å². The quantitative estimate of drug-likeness (QED) is 0.352. The van der Waals surface area contributed by atoms with Crippen molar-refractivity contribution < 1.29 is 22.6 Å². The first-order valence-corrected chi connectivity index (χ1v) is 11.5. The van der Waals surface area contributed by atoms with Crippen molar-refractivity contribution in [3.05, 3.63) is 49.7 Å². The van der Waals surface area contributed by atoms with E-state index in [1.54, 1.807) is 12.1 Å². The number of aryl methyl sites for hydroxylation is 1. The van der Waals surface area contributed by atoms with Gasteiger partial charge in [0.15, 0.2) is 0 Å². The van der Waals surface area contributed by atoms with Gasteiger partial charge in [-0.15, -0.1) is 11.3 Å². The first kappa shape index (κ1) is 23.5. The number of halogens is 1. The van der Waals surface area contributed by atoms with Gasteiger partial charge in [-0.3, -0.25) is 0 Å². The van der Waals surface area contributed by atoms with Crippen LogP contribution >= 0.6 is 33.9 Å². The minimum atomic E-state index is -4.27. The Bertz CT molecular complexity index is 771. The van der Waals surface area contributed by atoms with Crippen molar-refractivity contribution in [1.29, 1.82) is 0 Å². The number of hydrogen-bond donors (Lipinski definition) is 1. The van der Waals surface area contributed by atoms with Gasteiger partial charge in [0.25, 0.3) is 0 Å². The third-order valence-electron chi connectivity index (χ3n) is 3.82. The number of benzene rings is 1. The zero-order valence-corrected chi connectivity index (χ0v) is 19.1. The molecule has 8 heteroatoms. The molecular weight excluding hydrogens is 485 g/mol. The molecule has 2 rings (SSSR count). The van der Waals surface area contributed by atoms with Crippen LogP contribution in [0.5, 0.6) is 0 Å². The topological polar surface area (TPSA) is 77.4 Å². The van der Waals surface area contributed by atoms with Gasteiger partial charge in [0, 0.05) is 24.3 Å². The Morgan fingerprint density at radius 2 is 1.73 bits per heavy atom. The van der Waals surface area contributed by atoms with Crippen LogP contribution in [0, 0.1) is 9.81 Å². The Balaban J connectivity index is 0.000000273. The van der Waals surface area contributed by atoms with E-state index in [1.807, 2.05) is 18.3 Å². The molecule has 5 nitrogen and oxygen atoms in total. The van der Waals surface area contributed by atoms with Gasteiger partial charge in [-0.2, -0.15) is 0 Å². The lowest BCUT2D eigenvalue weighted by atomic mass is 10.2. The lowest BCUT2D eigenvalue weighted by Gasteiger charge is -2.29. The predicted octanol–water partition coefficient (Wildman–Crippen LogP) is 3.25. The third kappa shape index (κ3) is 9.43. The van der Waals surface area contributed by atoms with Gasteiger partial charge in [-0.1, -0.05) is 17.7 Å². The second-order valence-corrected chi connectivity index (χ2v) is 11.1. The standard InChI is InChI=1S/C11H19INOS.C7H8O3S/c1-13(2,7-3-9-14)8-6-10-4-5-11(12)15-10;1-6-2-4-7(5-3-6)11(8,9)10/h4-5,14H,3,6-9H2,1-2H3;2-5H,1H3,(H,8,9,10)/q+1;/p-1. The number of aliphatic hydroxyl groups is 1. The van der Waals surface area contributed by atoms with Crippen molar-refractivity contribution in [2.24, 2.45) is 0 Å². The number of nitrogens with zero attached hydrogens (tertiary/aromatic N) is 1. The summed E-state index contributed by atoms with van der Waals surface area (Å²) in [6.45, 7) is 4.33. The van der Waals surface area contributed by atoms with Crippen molar-refractivity contribution in [3.8, 4) is 0 Å². The summed E-state index contributed by atoms with van der Waals surface area (Å²) in [4.78, 5) is 1.29. The average molecular weight is 511 g/mol. The molecule has 1 aromatic heterocycles. The van der Waals surface area contributed by atoms with E-state index >= 15 is 0 Å². The molecular formula is C18H26INO4S2. The van der Waals surface area contributed by atoms with E-state index in [4.69, 9.17) is 5.11 Å². The summed E-state index contributed by atoms with van der Waals surface area (Å²) in [6, 6.07) is 10.2. The minimum Gasteiger partial charge on any atom is -0.744 e. The van der Waals surface area contributed by atoms with Crippen LogP contribution in [0.25, 0.3) is 0 Å². The fourth-order valence-corrected chi connectivity index (χ4v) is 4.43. The highest BCUT2D eigenvalue weighted by molar-refractivity contribution is 14.1. The van der Waals surface area contributed by atoms with Gasteiger partial charge in [-0.05, 0) is 53.8 Å². The monoisotopic (exact) mass is 511 g/mol. The normalized spacial score (nSPS) is 11.8. The highest BCUT2D eigenvalue weighted by atomic mass is 127. The van der Waals surface area contributed by atoms with E-state index in [0.29, 0.717) is 6.61 Å². The van der Waals surface area contributed by atoms with Crippen LogP contribution in [0.3, 0.4) is 0 Å². The Morgan fingerprint density at radius 1 is 1.12 bits per heavy atom. The van der Waals surface area contributed by atoms with E-state index in [-0.39, 0.29) is 4.90 Å². The maximum absolute atomic E-state index is 10.4. The number of likely N-dealkylation sites (N-methyl/N-ethyl adjacent to an activating group) is 1. The Kier molecular flexibility index (Phi) is 9.70. The van der Waals surface area contributed by atoms with E-state index < -0.39 is 10.1 Å². The number of hydrogen-bond acceptors (Lipinski definition) is 5. The summed E-state index contributed by atoms with van der Waals surface area (Å²) < 4.78 is 33.5. The summed E-state index contributed by atoms with van der Waals surface area (Å²) in [5.74, 6) is 0. The van der Waals surface area contributed by atoms with Gasteiger partial charge in [0.1, 0.15) is 10.1 Å². The molecule has 0 radical (unpaired) electrons. The van der Waals surface area contributed by atoms with Crippen molar-refractivity contribution >= 4 is 44.0 Å². The van der Waals surface area contributed by atoms with Crippen LogP contribution in [0.15, 0.2) is 41.3 Å². The van der Waals surface area contributed by atoms with Gasteiger partial charge in [-0.25, -0.2) is 8.42 Å². The molecule has 0 aliphatic carbocycles.